The monoisotopic (exact) mass is 201 g/mol. The number of carbonyl (C=O) groups excluding carboxylic acids is 1. The number of nitrogens with zero attached hydrogens (tertiary/aromatic N) is 1. The predicted molar refractivity (Wildman–Crippen MR) is 58.0 cm³/mol. The molecule has 0 aliphatic carbocycles. The van der Waals surface area contributed by atoms with Gasteiger partial charge in [0.25, 0.3) is 0 Å². The lowest BCUT2D eigenvalue weighted by atomic mass is 9.98. The fraction of sp³-hybridized carbons (Fsp3) is 0.909. The van der Waals surface area contributed by atoms with Crippen LogP contribution in [0.25, 0.3) is 0 Å². The van der Waals surface area contributed by atoms with Crippen LogP contribution in [0.5, 0.6) is 0 Å². The zero-order valence-electron chi connectivity index (χ0n) is 9.62. The van der Waals surface area contributed by atoms with Gasteiger partial charge in [-0.25, -0.2) is 0 Å². The molecule has 1 heterocycles. The minimum atomic E-state index is 0.242. The second kappa shape index (κ2) is 7.80. The van der Waals surface area contributed by atoms with Crippen molar-refractivity contribution in [3.05, 3.63) is 0 Å². The van der Waals surface area contributed by atoms with Gasteiger partial charge in [0, 0.05) is 26.1 Å². The molecule has 0 aromatic heterocycles. The molecule has 0 radical (unpaired) electrons. The summed E-state index contributed by atoms with van der Waals surface area (Å²) in [6, 6.07) is 0. The van der Waals surface area contributed by atoms with Gasteiger partial charge in [-0.2, -0.15) is 0 Å². The van der Waals surface area contributed by atoms with Crippen molar-refractivity contribution < 1.29 is 9.90 Å². The molecule has 3 nitrogen and oxygen atoms in total. The van der Waals surface area contributed by atoms with Crippen LogP contribution >= 0.6 is 0 Å². The SMILES string of the molecule is CC.CCC(=O)N1CCC(CO)CC1. The minimum Gasteiger partial charge on any atom is -0.396 e. The Balaban J connectivity index is 0.000000791. The molecule has 14 heavy (non-hydrogen) atoms. The molecule has 0 bridgehead atoms. The lowest BCUT2D eigenvalue weighted by molar-refractivity contribution is -0.132. The molecule has 0 spiro atoms. The van der Waals surface area contributed by atoms with E-state index in [1.54, 1.807) is 0 Å². The van der Waals surface area contributed by atoms with Crippen LogP contribution in [-0.4, -0.2) is 35.6 Å². The van der Waals surface area contributed by atoms with Crippen LogP contribution in [0.15, 0.2) is 0 Å². The maximum atomic E-state index is 11.2. The molecule has 1 amide bonds. The summed E-state index contributed by atoms with van der Waals surface area (Å²) in [7, 11) is 0. The Labute approximate surface area is 87.1 Å². The summed E-state index contributed by atoms with van der Waals surface area (Å²) in [6.07, 6.45) is 2.52. The summed E-state index contributed by atoms with van der Waals surface area (Å²) in [5, 5.41) is 8.87. The van der Waals surface area contributed by atoms with Gasteiger partial charge < -0.3 is 10.0 Å². The van der Waals surface area contributed by atoms with Crippen LogP contribution in [0, 0.1) is 5.92 Å². The second-order valence-electron chi connectivity index (χ2n) is 3.36. The third-order valence-electron chi connectivity index (χ3n) is 2.53. The van der Waals surface area contributed by atoms with Gasteiger partial charge >= 0.3 is 0 Å². The van der Waals surface area contributed by atoms with Gasteiger partial charge in [-0.05, 0) is 18.8 Å². The van der Waals surface area contributed by atoms with Crippen LogP contribution in [0.2, 0.25) is 0 Å². The van der Waals surface area contributed by atoms with Crippen molar-refractivity contribution in [2.24, 2.45) is 5.92 Å². The smallest absolute Gasteiger partial charge is 0.222 e. The lowest BCUT2D eigenvalue weighted by Gasteiger charge is -2.30. The molecule has 1 N–H and O–H groups in total. The van der Waals surface area contributed by atoms with Crippen LogP contribution in [0.4, 0.5) is 0 Å². The maximum Gasteiger partial charge on any atom is 0.222 e. The molecule has 0 aromatic rings. The molecule has 0 atom stereocenters. The largest absolute Gasteiger partial charge is 0.396 e. The van der Waals surface area contributed by atoms with Gasteiger partial charge in [-0.3, -0.25) is 4.79 Å². The van der Waals surface area contributed by atoms with Crippen LogP contribution < -0.4 is 0 Å². The zero-order chi connectivity index (χ0) is 11.0. The molecule has 1 saturated heterocycles. The van der Waals surface area contributed by atoms with Crippen molar-refractivity contribution in [2.45, 2.75) is 40.0 Å². The number of carbonyl (C=O) groups is 1. The van der Waals surface area contributed by atoms with E-state index < -0.39 is 0 Å². The van der Waals surface area contributed by atoms with Gasteiger partial charge in [-0.15, -0.1) is 0 Å². The highest BCUT2D eigenvalue weighted by Crippen LogP contribution is 2.16. The number of aliphatic hydroxyl groups is 1. The topological polar surface area (TPSA) is 40.5 Å². The first-order chi connectivity index (χ1) is 6.77. The number of rotatable bonds is 2. The quantitative estimate of drug-likeness (QED) is 0.738. The molecular weight excluding hydrogens is 178 g/mol. The summed E-state index contributed by atoms with van der Waals surface area (Å²) in [4.78, 5) is 13.1. The Morgan fingerprint density at radius 3 is 2.21 bits per heavy atom. The average molecular weight is 201 g/mol. The van der Waals surface area contributed by atoms with Crippen LogP contribution in [-0.2, 0) is 4.79 Å². The van der Waals surface area contributed by atoms with E-state index in [1.807, 2.05) is 25.7 Å². The Bertz CT molecular complexity index is 151. The van der Waals surface area contributed by atoms with Gasteiger partial charge in [0.05, 0.1) is 0 Å². The standard InChI is InChI=1S/C9H17NO2.C2H6/c1-2-9(12)10-5-3-8(7-11)4-6-10;1-2/h8,11H,2-7H2,1H3;1-2H3. The molecule has 84 valence electrons. The van der Waals surface area contributed by atoms with E-state index in [0.717, 1.165) is 25.9 Å². The molecule has 1 aliphatic heterocycles. The summed E-state index contributed by atoms with van der Waals surface area (Å²) in [5.41, 5.74) is 0. The molecular formula is C11H23NO2. The molecule has 0 saturated carbocycles. The van der Waals surface area contributed by atoms with Crippen molar-refractivity contribution in [1.29, 1.82) is 0 Å². The van der Waals surface area contributed by atoms with Crippen molar-refractivity contribution in [3.8, 4) is 0 Å². The molecule has 1 rings (SSSR count). The highest BCUT2D eigenvalue weighted by atomic mass is 16.3. The van der Waals surface area contributed by atoms with E-state index in [-0.39, 0.29) is 12.5 Å². The lowest BCUT2D eigenvalue weighted by Crippen LogP contribution is -2.38. The molecule has 0 unspecified atom stereocenters. The Morgan fingerprint density at radius 1 is 1.36 bits per heavy atom. The Morgan fingerprint density at radius 2 is 1.86 bits per heavy atom. The van der Waals surface area contributed by atoms with Crippen molar-refractivity contribution in [3.63, 3.8) is 0 Å². The normalized spacial score (nSPS) is 17.3. The first-order valence-electron chi connectivity index (χ1n) is 5.66. The average Bonchev–Trinajstić information content (AvgIpc) is 2.31. The van der Waals surface area contributed by atoms with E-state index in [9.17, 15) is 4.79 Å². The number of hydrogen-bond donors (Lipinski definition) is 1. The van der Waals surface area contributed by atoms with Crippen LogP contribution in [0.3, 0.4) is 0 Å². The van der Waals surface area contributed by atoms with Gasteiger partial charge in [0.2, 0.25) is 5.91 Å². The van der Waals surface area contributed by atoms with E-state index >= 15 is 0 Å². The summed E-state index contributed by atoms with van der Waals surface area (Å²) in [6.45, 7) is 7.82. The first kappa shape index (κ1) is 13.4. The van der Waals surface area contributed by atoms with Gasteiger partial charge in [0.15, 0.2) is 0 Å². The number of amides is 1. The third kappa shape index (κ3) is 4.09. The number of aliphatic hydroxyl groups excluding tert-OH is 1. The minimum absolute atomic E-state index is 0.242. The number of likely N-dealkylation sites (tertiary alicyclic amines) is 1. The highest BCUT2D eigenvalue weighted by Gasteiger charge is 2.20. The number of hydrogen-bond acceptors (Lipinski definition) is 2. The molecule has 3 heteroatoms. The fourth-order valence-corrected chi connectivity index (χ4v) is 1.59. The van der Waals surface area contributed by atoms with E-state index in [1.165, 1.54) is 0 Å². The number of piperidine rings is 1. The molecule has 1 aliphatic rings. The van der Waals surface area contributed by atoms with E-state index in [4.69, 9.17) is 5.11 Å². The van der Waals surface area contributed by atoms with Crippen LogP contribution in [0.1, 0.15) is 40.0 Å². The third-order valence-corrected chi connectivity index (χ3v) is 2.53. The molecule has 1 fully saturated rings. The van der Waals surface area contributed by atoms with E-state index in [0.29, 0.717) is 12.3 Å². The summed E-state index contributed by atoms with van der Waals surface area (Å²) >= 11 is 0. The summed E-state index contributed by atoms with van der Waals surface area (Å²) < 4.78 is 0. The summed E-state index contributed by atoms with van der Waals surface area (Å²) in [5.74, 6) is 0.664. The predicted octanol–water partition coefficient (Wildman–Crippen LogP) is 1.65. The van der Waals surface area contributed by atoms with Gasteiger partial charge in [0.1, 0.15) is 0 Å². The Kier molecular flexibility index (Phi) is 7.48. The maximum absolute atomic E-state index is 11.2. The van der Waals surface area contributed by atoms with E-state index in [2.05, 4.69) is 0 Å². The molecule has 0 aromatic carbocycles. The fourth-order valence-electron chi connectivity index (χ4n) is 1.59. The van der Waals surface area contributed by atoms with Crippen molar-refractivity contribution in [1.82, 2.24) is 4.90 Å². The van der Waals surface area contributed by atoms with Crippen molar-refractivity contribution >= 4 is 5.91 Å². The second-order valence-corrected chi connectivity index (χ2v) is 3.36. The van der Waals surface area contributed by atoms with Gasteiger partial charge in [-0.1, -0.05) is 20.8 Å². The van der Waals surface area contributed by atoms with Crippen molar-refractivity contribution in [2.75, 3.05) is 19.7 Å². The highest BCUT2D eigenvalue weighted by molar-refractivity contribution is 5.75. The zero-order valence-corrected chi connectivity index (χ0v) is 9.62. The Hall–Kier alpha value is -0.570. The first-order valence-corrected chi connectivity index (χ1v) is 5.66.